The first kappa shape index (κ1) is 12.7. The Bertz CT molecular complexity index is 214. The van der Waals surface area contributed by atoms with Gasteiger partial charge in [-0.1, -0.05) is 0 Å². The van der Waals surface area contributed by atoms with Crippen LogP contribution >= 0.6 is 0 Å². The zero-order valence-electron chi connectivity index (χ0n) is 6.07. The largest absolute Gasteiger partial charge is 0.425 e. The normalized spacial score (nSPS) is 9.36. The van der Waals surface area contributed by atoms with Crippen molar-refractivity contribution >= 4 is 16.5 Å². The van der Waals surface area contributed by atoms with E-state index in [9.17, 15) is 4.79 Å². The first-order valence-corrected chi connectivity index (χ1v) is 3.47. The molecule has 0 aliphatic heterocycles. The fourth-order valence-electron chi connectivity index (χ4n) is 0. The van der Waals surface area contributed by atoms with Gasteiger partial charge in [0.2, 0.25) is 5.91 Å². The van der Waals surface area contributed by atoms with Crippen molar-refractivity contribution in [3.8, 4) is 0 Å². The lowest BCUT2D eigenvalue weighted by Crippen LogP contribution is -2.37. The zero-order chi connectivity index (χ0) is 9.65. The Labute approximate surface area is 65.1 Å². The van der Waals surface area contributed by atoms with Gasteiger partial charge in [0.15, 0.2) is 0 Å². The highest BCUT2D eigenvalue weighted by atomic mass is 32.2. The molecule has 0 unspecified atom stereocenters. The van der Waals surface area contributed by atoms with Gasteiger partial charge in [-0.15, -0.1) is 12.6 Å². The molecule has 0 rings (SSSR count). The van der Waals surface area contributed by atoms with Crippen molar-refractivity contribution in [3.63, 3.8) is 0 Å². The van der Waals surface area contributed by atoms with E-state index >= 15 is 0 Å². The van der Waals surface area contributed by atoms with Crippen molar-refractivity contribution in [2.45, 2.75) is 19.4 Å². The number of primary amides is 1. The molecule has 0 aromatic carbocycles. The average Bonchev–Trinajstić information content (AvgIpc) is 1.59. The van der Waals surface area contributed by atoms with E-state index in [1.165, 1.54) is 13.8 Å². The van der Waals surface area contributed by atoms with Gasteiger partial charge in [0.25, 0.3) is 0 Å². The predicted octanol–water partition coefficient (Wildman–Crippen LogP) is -1.76. The van der Waals surface area contributed by atoms with E-state index in [0.717, 1.165) is 0 Å². The van der Waals surface area contributed by atoms with Crippen LogP contribution in [0.2, 0.25) is 0 Å². The molecule has 0 radical (unpaired) electrons. The summed E-state index contributed by atoms with van der Waals surface area (Å²) in [6.07, 6.45) is 0. The van der Waals surface area contributed by atoms with Crippen LogP contribution in [0.3, 0.4) is 0 Å². The number of amides is 1. The van der Waals surface area contributed by atoms with Crippen molar-refractivity contribution in [2.24, 2.45) is 5.73 Å². The molecule has 7 heteroatoms. The first-order valence-electron chi connectivity index (χ1n) is 2.47. The van der Waals surface area contributed by atoms with Gasteiger partial charge in [-0.25, -0.2) is 0 Å². The van der Waals surface area contributed by atoms with E-state index < -0.39 is 22.1 Å². The molecule has 0 aromatic heterocycles. The topological polar surface area (TPSA) is 115 Å². The molecule has 0 bridgehead atoms. The third kappa shape index (κ3) is 17.6. The van der Waals surface area contributed by atoms with Crippen molar-refractivity contribution < 1.29 is 22.5 Å². The first-order chi connectivity index (χ1) is 4.68. The van der Waals surface area contributed by atoms with Gasteiger partial charge in [-0.2, -0.15) is 0 Å². The molecule has 0 aliphatic carbocycles. The molecule has 66 valence electrons. The Kier molecular flexibility index (Phi) is 5.55. The van der Waals surface area contributed by atoms with Crippen LogP contribution in [0, 0.1) is 0 Å². The molecule has 11 heavy (non-hydrogen) atoms. The standard InChI is InChI=1S/C4H9NO2.O3S/c1-4(2,7)3(5)6;1-4(2)3/h7H,1-2H3,(H2,5,6);. The monoisotopic (exact) mass is 183 g/mol. The summed E-state index contributed by atoms with van der Waals surface area (Å²) in [4.78, 5) is 9.99. The number of nitrogens with two attached hydrogens (primary N) is 1. The van der Waals surface area contributed by atoms with Crippen molar-refractivity contribution in [1.82, 2.24) is 0 Å². The van der Waals surface area contributed by atoms with Crippen LogP contribution in [0.1, 0.15) is 13.8 Å². The molecule has 0 saturated carbocycles. The smallest absolute Gasteiger partial charge is 0.381 e. The van der Waals surface area contributed by atoms with Crippen molar-refractivity contribution in [3.05, 3.63) is 0 Å². The molecule has 0 aromatic rings. The number of carbonyl (C=O) groups excluding carboxylic acids is 1. The van der Waals surface area contributed by atoms with E-state index in [2.05, 4.69) is 5.73 Å². The SMILES string of the molecule is CC(C)(O)C(N)=O.O=S(=O)=O. The number of hydrogen-bond acceptors (Lipinski definition) is 5. The van der Waals surface area contributed by atoms with E-state index in [1.807, 2.05) is 0 Å². The van der Waals surface area contributed by atoms with Crippen LogP contribution < -0.4 is 5.73 Å². The maximum absolute atomic E-state index is 9.99. The Balaban J connectivity index is 0. The van der Waals surface area contributed by atoms with Crippen molar-refractivity contribution in [2.75, 3.05) is 0 Å². The summed E-state index contributed by atoms with van der Waals surface area (Å²) < 4.78 is 25.3. The van der Waals surface area contributed by atoms with Crippen LogP contribution in [0.15, 0.2) is 0 Å². The Morgan fingerprint density at radius 3 is 1.45 bits per heavy atom. The number of rotatable bonds is 1. The molecule has 0 aliphatic rings. The molecule has 6 nitrogen and oxygen atoms in total. The molecule has 0 fully saturated rings. The fourth-order valence-corrected chi connectivity index (χ4v) is 0. The second-order valence-corrected chi connectivity index (χ2v) is 2.54. The molecule has 1 amide bonds. The van der Waals surface area contributed by atoms with Crippen LogP contribution in [0.25, 0.3) is 0 Å². The maximum atomic E-state index is 9.99. The van der Waals surface area contributed by atoms with Gasteiger partial charge in [0.05, 0.1) is 0 Å². The summed E-state index contributed by atoms with van der Waals surface area (Å²) in [6, 6.07) is 0. The minimum Gasteiger partial charge on any atom is -0.381 e. The summed E-state index contributed by atoms with van der Waals surface area (Å²) >= 11 is 0. The quantitative estimate of drug-likeness (QED) is 0.499. The van der Waals surface area contributed by atoms with Crippen LogP contribution in [-0.2, 0) is 15.4 Å². The van der Waals surface area contributed by atoms with E-state index in [-0.39, 0.29) is 0 Å². The number of hydrogen-bond donors (Lipinski definition) is 2. The Hall–Kier alpha value is -0.950. The maximum Gasteiger partial charge on any atom is 0.425 e. The highest BCUT2D eigenvalue weighted by Gasteiger charge is 2.18. The molecular formula is C4H9NO5S. The van der Waals surface area contributed by atoms with E-state index in [1.54, 1.807) is 0 Å². The molecule has 3 N–H and O–H groups in total. The highest BCUT2D eigenvalue weighted by Crippen LogP contribution is 1.95. The number of aliphatic hydroxyl groups is 1. The summed E-state index contributed by atoms with van der Waals surface area (Å²) in [5.74, 6) is -0.701. The summed E-state index contributed by atoms with van der Waals surface area (Å²) in [5.41, 5.74) is 3.32. The molecule has 0 saturated heterocycles. The fraction of sp³-hybridized carbons (Fsp3) is 0.750. The van der Waals surface area contributed by atoms with Gasteiger partial charge in [0, 0.05) is 0 Å². The third-order valence-corrected chi connectivity index (χ3v) is 0.603. The van der Waals surface area contributed by atoms with Crippen LogP contribution in [0.4, 0.5) is 0 Å². The Morgan fingerprint density at radius 1 is 1.36 bits per heavy atom. The molecule has 0 atom stereocenters. The minimum atomic E-state index is -3.11. The third-order valence-electron chi connectivity index (χ3n) is 0.603. The Morgan fingerprint density at radius 2 is 1.45 bits per heavy atom. The second kappa shape index (κ2) is 4.80. The minimum absolute atomic E-state index is 0.701. The van der Waals surface area contributed by atoms with Gasteiger partial charge in [-0.05, 0) is 13.8 Å². The molecular weight excluding hydrogens is 174 g/mol. The molecule has 0 heterocycles. The lowest BCUT2D eigenvalue weighted by atomic mass is 10.1. The van der Waals surface area contributed by atoms with Gasteiger partial charge in [-0.3, -0.25) is 4.79 Å². The van der Waals surface area contributed by atoms with Crippen molar-refractivity contribution in [1.29, 1.82) is 0 Å². The zero-order valence-corrected chi connectivity index (χ0v) is 6.88. The van der Waals surface area contributed by atoms with Gasteiger partial charge >= 0.3 is 10.6 Å². The second-order valence-electron chi connectivity index (χ2n) is 2.13. The van der Waals surface area contributed by atoms with Gasteiger partial charge in [0.1, 0.15) is 5.60 Å². The average molecular weight is 183 g/mol. The van der Waals surface area contributed by atoms with E-state index in [4.69, 9.17) is 17.7 Å². The predicted molar refractivity (Wildman–Crippen MR) is 35.2 cm³/mol. The van der Waals surface area contributed by atoms with E-state index in [0.29, 0.717) is 0 Å². The lowest BCUT2D eigenvalue weighted by Gasteiger charge is -2.09. The molecule has 0 spiro atoms. The number of carbonyl (C=O) groups is 1. The highest BCUT2D eigenvalue weighted by molar-refractivity contribution is 7.59. The lowest BCUT2D eigenvalue weighted by molar-refractivity contribution is -0.132. The summed E-state index contributed by atoms with van der Waals surface area (Å²) in [7, 11) is -3.11. The summed E-state index contributed by atoms with van der Waals surface area (Å²) in [6.45, 7) is 2.69. The van der Waals surface area contributed by atoms with Crippen LogP contribution in [0.5, 0.6) is 0 Å². The van der Waals surface area contributed by atoms with Crippen LogP contribution in [-0.4, -0.2) is 29.2 Å². The van der Waals surface area contributed by atoms with Gasteiger partial charge < -0.3 is 10.8 Å². The summed E-state index contributed by atoms with van der Waals surface area (Å²) in [5, 5.41) is 8.62.